The summed E-state index contributed by atoms with van der Waals surface area (Å²) < 4.78 is 11.9. The zero-order valence-electron chi connectivity index (χ0n) is 18.2. The number of rotatable bonds is 11. The number of nitrogens with two attached hydrogens (primary N) is 1. The van der Waals surface area contributed by atoms with Crippen molar-refractivity contribution in [2.24, 2.45) is 5.73 Å². The minimum Gasteiger partial charge on any atom is -0.489 e. The van der Waals surface area contributed by atoms with Crippen molar-refractivity contribution in [2.45, 2.75) is 44.4 Å². The molecule has 3 aromatic carbocycles. The quantitative estimate of drug-likeness (QED) is 0.360. The minimum absolute atomic E-state index is 0.0877. The normalized spacial score (nSPS) is 13.9. The summed E-state index contributed by atoms with van der Waals surface area (Å²) >= 11 is 6.55. The third-order valence-electron chi connectivity index (χ3n) is 5.46. The molecule has 5 nitrogen and oxygen atoms in total. The molecule has 0 spiro atoms. The molecule has 2 atom stereocenters. The molecule has 0 aliphatic rings. The molecule has 0 bridgehead atoms. The number of aliphatic hydroxyl groups excluding tert-OH is 2. The first-order valence-electron chi connectivity index (χ1n) is 10.8. The highest BCUT2D eigenvalue weighted by molar-refractivity contribution is 6.31. The average Bonchev–Trinajstić information content (AvgIpc) is 2.79. The van der Waals surface area contributed by atoms with E-state index in [4.69, 9.17) is 31.9 Å². The number of benzene rings is 3. The van der Waals surface area contributed by atoms with Crippen molar-refractivity contribution in [2.75, 3.05) is 6.61 Å². The fraction of sp³-hybridized carbons (Fsp3) is 0.308. The van der Waals surface area contributed by atoms with Crippen LogP contribution in [0.1, 0.15) is 37.3 Å². The van der Waals surface area contributed by atoms with Crippen LogP contribution in [0.15, 0.2) is 72.8 Å². The molecule has 0 radical (unpaired) electrons. The lowest BCUT2D eigenvalue weighted by molar-refractivity contribution is 0.0984. The van der Waals surface area contributed by atoms with Gasteiger partial charge in [-0.1, -0.05) is 61.0 Å². The number of halogens is 1. The monoisotopic (exact) mass is 455 g/mol. The Hall–Kier alpha value is -2.57. The van der Waals surface area contributed by atoms with Crippen LogP contribution in [0.3, 0.4) is 0 Å². The molecule has 170 valence electrons. The number of hydrogen-bond acceptors (Lipinski definition) is 5. The van der Waals surface area contributed by atoms with E-state index in [1.165, 1.54) is 0 Å². The van der Waals surface area contributed by atoms with Gasteiger partial charge in [-0.15, -0.1) is 0 Å². The van der Waals surface area contributed by atoms with E-state index in [-0.39, 0.29) is 13.0 Å². The Morgan fingerprint density at radius 3 is 2.38 bits per heavy atom. The smallest absolute Gasteiger partial charge is 0.131 e. The molecule has 0 aliphatic carbocycles. The summed E-state index contributed by atoms with van der Waals surface area (Å²) in [6.45, 7) is 2.34. The predicted octanol–water partition coefficient (Wildman–Crippen LogP) is 5.41. The Bertz CT molecular complexity index is 998. The molecule has 0 aliphatic heterocycles. The Balaban J connectivity index is 1.70. The van der Waals surface area contributed by atoms with Crippen molar-refractivity contribution in [1.82, 2.24) is 0 Å². The van der Waals surface area contributed by atoms with Gasteiger partial charge in [-0.25, -0.2) is 0 Å². The summed E-state index contributed by atoms with van der Waals surface area (Å²) in [7, 11) is 0. The molecule has 4 N–H and O–H groups in total. The van der Waals surface area contributed by atoms with E-state index in [0.717, 1.165) is 11.1 Å². The molecule has 0 aromatic heterocycles. The fourth-order valence-electron chi connectivity index (χ4n) is 3.58. The highest BCUT2D eigenvalue weighted by Gasteiger charge is 2.30. The van der Waals surface area contributed by atoms with Crippen LogP contribution in [0, 0.1) is 0 Å². The SMILES string of the molecule is CCC(N)(CC(O)CCO)c1ccc(Oc2cccc(OCc3ccccc3)c2)cc1Cl. The molecular formula is C26H30ClNO4. The van der Waals surface area contributed by atoms with Crippen LogP contribution in [0.5, 0.6) is 17.2 Å². The summed E-state index contributed by atoms with van der Waals surface area (Å²) in [6.07, 6.45) is 0.483. The first kappa shape index (κ1) is 24.1. The Morgan fingerprint density at radius 2 is 1.69 bits per heavy atom. The maximum absolute atomic E-state index is 10.1. The largest absolute Gasteiger partial charge is 0.489 e. The Morgan fingerprint density at radius 1 is 0.969 bits per heavy atom. The van der Waals surface area contributed by atoms with Gasteiger partial charge in [0.25, 0.3) is 0 Å². The van der Waals surface area contributed by atoms with E-state index in [1.807, 2.05) is 73.7 Å². The molecule has 0 fully saturated rings. The molecule has 0 saturated carbocycles. The highest BCUT2D eigenvalue weighted by atomic mass is 35.5. The molecular weight excluding hydrogens is 426 g/mol. The zero-order valence-corrected chi connectivity index (χ0v) is 19.0. The second kappa shape index (κ2) is 11.3. The summed E-state index contributed by atoms with van der Waals surface area (Å²) in [4.78, 5) is 0. The first-order chi connectivity index (χ1) is 15.4. The molecule has 0 saturated heterocycles. The van der Waals surface area contributed by atoms with Gasteiger partial charge < -0.3 is 25.4 Å². The first-order valence-corrected chi connectivity index (χ1v) is 11.1. The van der Waals surface area contributed by atoms with Crippen molar-refractivity contribution < 1.29 is 19.7 Å². The van der Waals surface area contributed by atoms with E-state index in [0.29, 0.717) is 41.7 Å². The van der Waals surface area contributed by atoms with Crippen LogP contribution in [0.4, 0.5) is 0 Å². The van der Waals surface area contributed by atoms with Crippen LogP contribution >= 0.6 is 11.6 Å². The summed E-state index contributed by atoms with van der Waals surface area (Å²) in [6, 6.07) is 22.8. The lowest BCUT2D eigenvalue weighted by Crippen LogP contribution is -2.40. The van der Waals surface area contributed by atoms with Crippen LogP contribution < -0.4 is 15.2 Å². The predicted molar refractivity (Wildman–Crippen MR) is 127 cm³/mol. The van der Waals surface area contributed by atoms with Gasteiger partial charge >= 0.3 is 0 Å². The molecule has 3 aromatic rings. The average molecular weight is 456 g/mol. The van der Waals surface area contributed by atoms with E-state index in [2.05, 4.69) is 0 Å². The van der Waals surface area contributed by atoms with Gasteiger partial charge in [-0.05, 0) is 54.7 Å². The van der Waals surface area contributed by atoms with Crippen molar-refractivity contribution in [3.63, 3.8) is 0 Å². The van der Waals surface area contributed by atoms with Gasteiger partial charge in [0, 0.05) is 23.2 Å². The topological polar surface area (TPSA) is 84.9 Å². The van der Waals surface area contributed by atoms with Crippen LogP contribution in [0.2, 0.25) is 5.02 Å². The third kappa shape index (κ3) is 6.47. The number of hydrogen-bond donors (Lipinski definition) is 3. The van der Waals surface area contributed by atoms with Crippen LogP contribution in [0.25, 0.3) is 0 Å². The molecule has 3 rings (SSSR count). The Labute approximate surface area is 194 Å². The lowest BCUT2D eigenvalue weighted by atomic mass is 9.82. The summed E-state index contributed by atoms with van der Waals surface area (Å²) in [5.41, 5.74) is 7.61. The van der Waals surface area contributed by atoms with Crippen molar-refractivity contribution in [3.05, 3.63) is 88.9 Å². The highest BCUT2D eigenvalue weighted by Crippen LogP contribution is 2.36. The zero-order chi connectivity index (χ0) is 23.0. The second-order valence-electron chi connectivity index (χ2n) is 7.87. The van der Waals surface area contributed by atoms with Gasteiger partial charge in [0.1, 0.15) is 23.9 Å². The van der Waals surface area contributed by atoms with E-state index < -0.39 is 11.6 Å². The molecule has 32 heavy (non-hydrogen) atoms. The van der Waals surface area contributed by atoms with Gasteiger partial charge in [0.15, 0.2) is 0 Å². The van der Waals surface area contributed by atoms with Crippen molar-refractivity contribution >= 4 is 11.6 Å². The van der Waals surface area contributed by atoms with Gasteiger partial charge in [-0.3, -0.25) is 0 Å². The minimum atomic E-state index is -0.796. The molecule has 6 heteroatoms. The summed E-state index contributed by atoms with van der Waals surface area (Å²) in [5.74, 6) is 1.92. The summed E-state index contributed by atoms with van der Waals surface area (Å²) in [5, 5.41) is 19.7. The molecule has 0 amide bonds. The number of aliphatic hydroxyl groups is 2. The second-order valence-corrected chi connectivity index (χ2v) is 8.28. The van der Waals surface area contributed by atoms with E-state index in [1.54, 1.807) is 6.07 Å². The number of ether oxygens (including phenoxy) is 2. The van der Waals surface area contributed by atoms with Crippen molar-refractivity contribution in [1.29, 1.82) is 0 Å². The molecule has 2 unspecified atom stereocenters. The fourth-order valence-corrected chi connectivity index (χ4v) is 3.94. The Kier molecular flexibility index (Phi) is 8.53. The van der Waals surface area contributed by atoms with Gasteiger partial charge in [0.2, 0.25) is 0 Å². The van der Waals surface area contributed by atoms with Crippen molar-refractivity contribution in [3.8, 4) is 17.2 Å². The molecule has 0 heterocycles. The van der Waals surface area contributed by atoms with Gasteiger partial charge in [-0.2, -0.15) is 0 Å². The van der Waals surface area contributed by atoms with Crippen LogP contribution in [-0.4, -0.2) is 22.9 Å². The van der Waals surface area contributed by atoms with E-state index in [9.17, 15) is 5.11 Å². The maximum Gasteiger partial charge on any atom is 0.131 e. The third-order valence-corrected chi connectivity index (χ3v) is 5.77. The lowest BCUT2D eigenvalue weighted by Gasteiger charge is -2.32. The van der Waals surface area contributed by atoms with Gasteiger partial charge in [0.05, 0.1) is 6.10 Å². The maximum atomic E-state index is 10.1. The van der Waals surface area contributed by atoms with E-state index >= 15 is 0 Å². The standard InChI is InChI=1S/C26H30ClNO4/c1-2-26(28,17-20(30)13-14-29)24-12-11-23(16-25(24)27)32-22-10-6-9-21(15-22)31-18-19-7-4-3-5-8-19/h3-12,15-16,20,29-30H,2,13-14,17-18,28H2,1H3. The van der Waals surface area contributed by atoms with Crippen LogP contribution in [-0.2, 0) is 12.1 Å².